The highest BCUT2D eigenvalue weighted by Crippen LogP contribution is 2.34. The molecule has 0 aliphatic heterocycles. The lowest BCUT2D eigenvalue weighted by Crippen LogP contribution is -2.13. The number of amides is 1. The number of anilines is 1. The summed E-state index contributed by atoms with van der Waals surface area (Å²) in [7, 11) is 0. The number of primary amides is 1. The molecule has 6 nitrogen and oxygen atoms in total. The number of nitrogens with two attached hydrogens (primary N) is 2. The number of nitrogens with zero attached hydrogens (tertiary/aromatic N) is 2. The van der Waals surface area contributed by atoms with Gasteiger partial charge in [-0.2, -0.15) is 5.10 Å². The molecule has 0 atom stereocenters. The van der Waals surface area contributed by atoms with Gasteiger partial charge < -0.3 is 16.2 Å². The van der Waals surface area contributed by atoms with Crippen LogP contribution in [0.1, 0.15) is 17.3 Å². The zero-order chi connectivity index (χ0) is 14.0. The standard InChI is InChI=1S/C12H13ClN4O2/c1-2-17-6-8(5-16-17)19-11-9(12(15)18)3-7(14)4-10(11)13/h3-6H,2,14H2,1H3,(H2,15,18). The maximum absolute atomic E-state index is 11.4. The fourth-order valence-electron chi connectivity index (χ4n) is 1.59. The van der Waals surface area contributed by atoms with Gasteiger partial charge in [0.15, 0.2) is 11.5 Å². The first-order chi connectivity index (χ1) is 9.01. The Morgan fingerprint density at radius 2 is 2.26 bits per heavy atom. The van der Waals surface area contributed by atoms with Crippen molar-refractivity contribution in [2.24, 2.45) is 5.73 Å². The van der Waals surface area contributed by atoms with Crippen LogP contribution < -0.4 is 16.2 Å². The Morgan fingerprint density at radius 1 is 1.53 bits per heavy atom. The molecule has 4 N–H and O–H groups in total. The molecule has 0 aliphatic carbocycles. The third-order valence-corrected chi connectivity index (χ3v) is 2.77. The minimum Gasteiger partial charge on any atom is -0.452 e. The third-order valence-electron chi connectivity index (χ3n) is 2.48. The Kier molecular flexibility index (Phi) is 3.62. The molecule has 1 aromatic carbocycles. The second-order valence-corrected chi connectivity index (χ2v) is 4.28. The van der Waals surface area contributed by atoms with Gasteiger partial charge in [-0.3, -0.25) is 9.48 Å². The third kappa shape index (κ3) is 2.79. The Hall–Kier alpha value is -2.21. The lowest BCUT2D eigenvalue weighted by molar-refractivity contribution is 0.0998. The van der Waals surface area contributed by atoms with Gasteiger partial charge in [0.25, 0.3) is 5.91 Å². The average molecular weight is 281 g/mol. The van der Waals surface area contributed by atoms with E-state index in [1.165, 1.54) is 18.3 Å². The second-order valence-electron chi connectivity index (χ2n) is 3.88. The predicted molar refractivity (Wildman–Crippen MR) is 72.4 cm³/mol. The van der Waals surface area contributed by atoms with Crippen LogP contribution in [0.3, 0.4) is 0 Å². The summed E-state index contributed by atoms with van der Waals surface area (Å²) in [5.41, 5.74) is 11.4. The van der Waals surface area contributed by atoms with Crippen LogP contribution in [-0.2, 0) is 6.54 Å². The number of nitrogen functional groups attached to an aromatic ring is 1. The lowest BCUT2D eigenvalue weighted by Gasteiger charge is -2.10. The van der Waals surface area contributed by atoms with E-state index in [9.17, 15) is 4.79 Å². The number of aryl methyl sites for hydroxylation is 1. The van der Waals surface area contributed by atoms with Crippen LogP contribution in [0.2, 0.25) is 5.02 Å². The predicted octanol–water partition coefficient (Wildman–Crippen LogP) is 2.03. The summed E-state index contributed by atoms with van der Waals surface area (Å²) in [6, 6.07) is 2.92. The molecule has 1 amide bonds. The van der Waals surface area contributed by atoms with Crippen LogP contribution >= 0.6 is 11.6 Å². The first kappa shape index (κ1) is 13.2. The van der Waals surface area contributed by atoms with Gasteiger partial charge in [0.05, 0.1) is 23.0 Å². The molecular weight excluding hydrogens is 268 g/mol. The second kappa shape index (κ2) is 5.19. The number of hydrogen-bond acceptors (Lipinski definition) is 4. The molecule has 2 rings (SSSR count). The quantitative estimate of drug-likeness (QED) is 0.838. The maximum atomic E-state index is 11.4. The molecule has 1 aromatic heterocycles. The average Bonchev–Trinajstić information content (AvgIpc) is 2.79. The fraction of sp³-hybridized carbons (Fsp3) is 0.167. The molecule has 0 radical (unpaired) electrons. The van der Waals surface area contributed by atoms with Crippen molar-refractivity contribution in [3.63, 3.8) is 0 Å². The minimum absolute atomic E-state index is 0.134. The number of ether oxygens (including phenoxy) is 1. The van der Waals surface area contributed by atoms with Gasteiger partial charge in [-0.15, -0.1) is 0 Å². The van der Waals surface area contributed by atoms with Crippen molar-refractivity contribution in [3.8, 4) is 11.5 Å². The topological polar surface area (TPSA) is 96.2 Å². The number of halogens is 1. The van der Waals surface area contributed by atoms with Gasteiger partial charge >= 0.3 is 0 Å². The number of hydrogen-bond donors (Lipinski definition) is 2. The molecule has 0 saturated carbocycles. The summed E-state index contributed by atoms with van der Waals surface area (Å²) >= 11 is 6.03. The summed E-state index contributed by atoms with van der Waals surface area (Å²) in [5.74, 6) is -0.0119. The van der Waals surface area contributed by atoms with E-state index >= 15 is 0 Å². The largest absolute Gasteiger partial charge is 0.452 e. The van der Waals surface area contributed by atoms with E-state index in [0.717, 1.165) is 0 Å². The van der Waals surface area contributed by atoms with Crippen molar-refractivity contribution in [2.75, 3.05) is 5.73 Å². The van der Waals surface area contributed by atoms with E-state index in [2.05, 4.69) is 5.10 Å². The van der Waals surface area contributed by atoms with Crippen molar-refractivity contribution >= 4 is 23.2 Å². The molecule has 0 fully saturated rings. The normalized spacial score (nSPS) is 10.4. The number of carbonyl (C=O) groups excluding carboxylic acids is 1. The number of benzene rings is 1. The van der Waals surface area contributed by atoms with Gasteiger partial charge in [-0.05, 0) is 19.1 Å². The maximum Gasteiger partial charge on any atom is 0.252 e. The first-order valence-electron chi connectivity index (χ1n) is 5.60. The molecule has 7 heteroatoms. The summed E-state index contributed by atoms with van der Waals surface area (Å²) < 4.78 is 7.25. The number of aromatic nitrogens is 2. The molecule has 0 bridgehead atoms. The molecule has 2 aromatic rings. The highest BCUT2D eigenvalue weighted by atomic mass is 35.5. The molecule has 0 spiro atoms. The van der Waals surface area contributed by atoms with Crippen LogP contribution in [0.25, 0.3) is 0 Å². The lowest BCUT2D eigenvalue weighted by atomic mass is 10.1. The van der Waals surface area contributed by atoms with E-state index in [4.69, 9.17) is 27.8 Å². The molecule has 0 aliphatic rings. The SMILES string of the molecule is CCn1cc(Oc2c(Cl)cc(N)cc2C(N)=O)cn1. The molecule has 0 saturated heterocycles. The van der Waals surface area contributed by atoms with Crippen LogP contribution in [0.15, 0.2) is 24.5 Å². The van der Waals surface area contributed by atoms with Gasteiger partial charge in [0.1, 0.15) is 0 Å². The van der Waals surface area contributed by atoms with E-state index in [1.54, 1.807) is 10.9 Å². The van der Waals surface area contributed by atoms with Gasteiger partial charge in [0.2, 0.25) is 0 Å². The Bertz CT molecular complexity index is 624. The molecule has 1 heterocycles. The zero-order valence-corrected chi connectivity index (χ0v) is 11.0. The number of carbonyl (C=O) groups is 1. The Labute approximate surface area is 114 Å². The summed E-state index contributed by atoms with van der Waals surface area (Å²) in [4.78, 5) is 11.4. The number of rotatable bonds is 4. The summed E-state index contributed by atoms with van der Waals surface area (Å²) in [6.07, 6.45) is 3.22. The van der Waals surface area contributed by atoms with Crippen LogP contribution in [0.4, 0.5) is 5.69 Å². The Morgan fingerprint density at radius 3 is 2.84 bits per heavy atom. The van der Waals surface area contributed by atoms with E-state index in [0.29, 0.717) is 18.0 Å². The summed E-state index contributed by atoms with van der Waals surface area (Å²) in [5, 5.41) is 4.28. The molecular formula is C12H13ClN4O2. The zero-order valence-electron chi connectivity index (χ0n) is 10.3. The highest BCUT2D eigenvalue weighted by Gasteiger charge is 2.16. The van der Waals surface area contributed by atoms with Crippen LogP contribution in [-0.4, -0.2) is 15.7 Å². The van der Waals surface area contributed by atoms with E-state index in [1.807, 2.05) is 6.92 Å². The minimum atomic E-state index is -0.660. The monoisotopic (exact) mass is 280 g/mol. The van der Waals surface area contributed by atoms with E-state index in [-0.39, 0.29) is 16.3 Å². The fourth-order valence-corrected chi connectivity index (χ4v) is 1.86. The Balaban J connectivity index is 2.41. The summed E-state index contributed by atoms with van der Waals surface area (Å²) in [6.45, 7) is 2.66. The molecule has 100 valence electrons. The smallest absolute Gasteiger partial charge is 0.252 e. The van der Waals surface area contributed by atoms with Gasteiger partial charge in [0, 0.05) is 12.2 Å². The van der Waals surface area contributed by atoms with Crippen molar-refractivity contribution < 1.29 is 9.53 Å². The van der Waals surface area contributed by atoms with Crippen molar-refractivity contribution in [1.29, 1.82) is 0 Å². The highest BCUT2D eigenvalue weighted by molar-refractivity contribution is 6.33. The molecule has 19 heavy (non-hydrogen) atoms. The van der Waals surface area contributed by atoms with E-state index < -0.39 is 5.91 Å². The van der Waals surface area contributed by atoms with Gasteiger partial charge in [-0.25, -0.2) is 0 Å². The van der Waals surface area contributed by atoms with Crippen molar-refractivity contribution in [3.05, 3.63) is 35.1 Å². The molecule has 0 unspecified atom stereocenters. The first-order valence-corrected chi connectivity index (χ1v) is 5.98. The van der Waals surface area contributed by atoms with Crippen LogP contribution in [0.5, 0.6) is 11.5 Å². The van der Waals surface area contributed by atoms with Crippen molar-refractivity contribution in [1.82, 2.24) is 9.78 Å². The van der Waals surface area contributed by atoms with Gasteiger partial charge in [-0.1, -0.05) is 11.6 Å². The van der Waals surface area contributed by atoms with Crippen LogP contribution in [0, 0.1) is 0 Å². The van der Waals surface area contributed by atoms with Crippen molar-refractivity contribution in [2.45, 2.75) is 13.5 Å².